The third kappa shape index (κ3) is 4.08. The highest BCUT2D eigenvalue weighted by Gasteiger charge is 2.20. The highest BCUT2D eigenvalue weighted by Crippen LogP contribution is 2.42. The normalized spacial score (nSPS) is 14.4. The first kappa shape index (κ1) is 19.2. The highest BCUT2D eigenvalue weighted by atomic mass is 16.3. The lowest BCUT2D eigenvalue weighted by molar-refractivity contribution is 0.669. The van der Waals surface area contributed by atoms with Crippen LogP contribution in [0.25, 0.3) is 99.9 Å². The van der Waals surface area contributed by atoms with Gasteiger partial charge in [-0.3, -0.25) is 0 Å². The zero-order valence-electron chi connectivity index (χ0n) is 33.9. The van der Waals surface area contributed by atoms with Crippen LogP contribution in [-0.4, -0.2) is 15.0 Å². The molecule has 0 unspecified atom stereocenters. The number of hydrogen-bond acceptors (Lipinski definition) is 5. The molecule has 10 rings (SSSR count). The Balaban J connectivity index is 1.27. The van der Waals surface area contributed by atoms with Gasteiger partial charge < -0.3 is 8.83 Å². The van der Waals surface area contributed by atoms with Gasteiger partial charge >= 0.3 is 0 Å². The fourth-order valence-electron chi connectivity index (χ4n) is 6.46. The summed E-state index contributed by atoms with van der Waals surface area (Å²) in [5, 5.41) is 3.98. The molecule has 0 amide bonds. The van der Waals surface area contributed by atoms with Gasteiger partial charge in [0.25, 0.3) is 0 Å². The van der Waals surface area contributed by atoms with Crippen LogP contribution in [0.4, 0.5) is 0 Å². The monoisotopic (exact) mass is 624 g/mol. The molecule has 0 N–H and O–H groups in total. The summed E-state index contributed by atoms with van der Waals surface area (Å²) in [5.74, 6) is 0.182. The van der Waals surface area contributed by atoms with Crippen LogP contribution < -0.4 is 0 Å². The van der Waals surface area contributed by atoms with Gasteiger partial charge in [0, 0.05) is 32.7 Å². The lowest BCUT2D eigenvalue weighted by atomic mass is 9.92. The quantitative estimate of drug-likeness (QED) is 0.195. The lowest BCUT2D eigenvalue weighted by Gasteiger charge is -2.14. The molecule has 3 aromatic heterocycles. The smallest absolute Gasteiger partial charge is 0.167 e. The maximum atomic E-state index is 9.11. The van der Waals surface area contributed by atoms with Gasteiger partial charge in [0.1, 0.15) is 22.3 Å². The van der Waals surface area contributed by atoms with Crippen LogP contribution in [0.5, 0.6) is 0 Å². The molecular weight excluding hydrogens is 590 g/mol. The summed E-state index contributed by atoms with van der Waals surface area (Å²) < 4.78 is 89.6. The second kappa shape index (κ2) is 10.5. The molecule has 0 atom stereocenters. The van der Waals surface area contributed by atoms with Gasteiger partial charge in [-0.15, -0.1) is 0 Å². The summed E-state index contributed by atoms with van der Waals surface area (Å²) in [6.45, 7) is 0. The van der Waals surface area contributed by atoms with Gasteiger partial charge in [-0.2, -0.15) is 0 Å². The van der Waals surface area contributed by atoms with Gasteiger partial charge in [-0.05, 0) is 52.2 Å². The van der Waals surface area contributed by atoms with E-state index < -0.39 is 30.2 Å². The van der Waals surface area contributed by atoms with E-state index in [0.717, 1.165) is 10.8 Å². The van der Waals surface area contributed by atoms with E-state index in [1.165, 1.54) is 12.1 Å². The Morgan fingerprint density at radius 3 is 1.98 bits per heavy atom. The van der Waals surface area contributed by atoms with E-state index >= 15 is 0 Å². The molecule has 0 saturated heterocycles. The molecule has 0 radical (unpaired) electrons. The van der Waals surface area contributed by atoms with Crippen LogP contribution in [0, 0.1) is 0 Å². The third-order valence-corrected chi connectivity index (χ3v) is 8.57. The Kier molecular flexibility index (Phi) is 4.18. The molecule has 0 aliphatic heterocycles. The van der Waals surface area contributed by atoms with Crippen LogP contribution in [0.2, 0.25) is 0 Å². The van der Waals surface area contributed by atoms with Crippen molar-refractivity contribution in [2.45, 2.75) is 0 Å². The number of benzene rings is 7. The summed E-state index contributed by atoms with van der Waals surface area (Å²) >= 11 is 0. The molecule has 10 aromatic rings. The van der Waals surface area contributed by atoms with Crippen LogP contribution in [0.1, 0.15) is 12.3 Å². The van der Waals surface area contributed by atoms with E-state index in [1.54, 1.807) is 18.2 Å². The Morgan fingerprint density at radius 2 is 1.10 bits per heavy atom. The van der Waals surface area contributed by atoms with E-state index in [0.29, 0.717) is 55.0 Å². The number of nitrogens with zero attached hydrogens (tertiary/aromatic N) is 3. The SMILES string of the molecule is [2H]c1cc([2H])c2oc3c([2H])cc([2H])c(-c4ccc(-c5nc(-c6c([2H])c([2H])c([2H])c([2H])c6[2H])nc(-c6cccc7c6oc6ccccc67)n5)c5ccccc45)c3c2c1. The number of hydrogen-bond donors (Lipinski definition) is 0. The number of furan rings is 2. The predicted molar refractivity (Wildman–Crippen MR) is 194 cm³/mol. The summed E-state index contributed by atoms with van der Waals surface area (Å²) in [6.07, 6.45) is 0. The van der Waals surface area contributed by atoms with Crippen molar-refractivity contribution in [3.05, 3.63) is 151 Å². The van der Waals surface area contributed by atoms with Crippen LogP contribution in [0.3, 0.4) is 0 Å². The number of rotatable bonds is 4. The van der Waals surface area contributed by atoms with Crippen molar-refractivity contribution in [2.75, 3.05) is 0 Å². The van der Waals surface area contributed by atoms with Crippen LogP contribution >= 0.6 is 0 Å². The van der Waals surface area contributed by atoms with Crippen molar-refractivity contribution in [1.29, 1.82) is 0 Å². The number of fused-ring (bicyclic) bond motifs is 7. The molecule has 0 aliphatic carbocycles. The van der Waals surface area contributed by atoms with E-state index in [1.807, 2.05) is 66.7 Å². The van der Waals surface area contributed by atoms with Crippen molar-refractivity contribution in [2.24, 2.45) is 0 Å². The summed E-state index contributed by atoms with van der Waals surface area (Å²) in [6, 6.07) is 26.2. The molecule has 7 aromatic carbocycles. The van der Waals surface area contributed by atoms with Gasteiger partial charge in [-0.25, -0.2) is 15.0 Å². The molecule has 5 heteroatoms. The van der Waals surface area contributed by atoms with Gasteiger partial charge in [0.2, 0.25) is 0 Å². The molecule has 48 heavy (non-hydrogen) atoms. The van der Waals surface area contributed by atoms with Crippen molar-refractivity contribution in [3.8, 4) is 45.3 Å². The largest absolute Gasteiger partial charge is 0.456 e. The molecule has 0 saturated carbocycles. The van der Waals surface area contributed by atoms with Gasteiger partial charge in [0.05, 0.1) is 17.9 Å². The van der Waals surface area contributed by atoms with Crippen LogP contribution in [0.15, 0.2) is 160 Å². The topological polar surface area (TPSA) is 65.0 Å². The second-order valence-corrected chi connectivity index (χ2v) is 11.2. The van der Waals surface area contributed by atoms with E-state index in [-0.39, 0.29) is 58.4 Å². The molecule has 0 aliphatic rings. The maximum Gasteiger partial charge on any atom is 0.167 e. The Labute approximate surface area is 287 Å². The molecule has 0 spiro atoms. The maximum absolute atomic E-state index is 9.11. The summed E-state index contributed by atoms with van der Waals surface area (Å²) in [5.41, 5.74) is 3.53. The van der Waals surface area contributed by atoms with Crippen molar-refractivity contribution in [3.63, 3.8) is 0 Å². The fraction of sp³-hybridized carbons (Fsp3) is 0. The molecule has 5 nitrogen and oxygen atoms in total. The predicted octanol–water partition coefficient (Wildman–Crippen LogP) is 11.5. The summed E-state index contributed by atoms with van der Waals surface area (Å²) in [7, 11) is 0. The molecule has 0 bridgehead atoms. The second-order valence-electron chi connectivity index (χ2n) is 11.2. The zero-order chi connectivity index (χ0) is 39.4. The van der Waals surface area contributed by atoms with Crippen LogP contribution in [-0.2, 0) is 0 Å². The Hall–Kier alpha value is -6.59. The molecule has 3 heterocycles. The lowest BCUT2D eigenvalue weighted by Crippen LogP contribution is -2.01. The van der Waals surface area contributed by atoms with Gasteiger partial charge in [-0.1, -0.05) is 121 Å². The number of para-hydroxylation sites is 3. The Bertz CT molecular complexity index is 3350. The van der Waals surface area contributed by atoms with Crippen molar-refractivity contribution >= 4 is 54.6 Å². The minimum atomic E-state index is -0.540. The minimum Gasteiger partial charge on any atom is -0.456 e. The molecular formula is C43H25N3O2. The third-order valence-electron chi connectivity index (χ3n) is 8.57. The summed E-state index contributed by atoms with van der Waals surface area (Å²) in [4.78, 5) is 14.5. The van der Waals surface area contributed by atoms with E-state index in [2.05, 4.69) is 0 Å². The highest BCUT2D eigenvalue weighted by molar-refractivity contribution is 6.16. The first-order valence-corrected chi connectivity index (χ1v) is 15.2. The average molecular weight is 625 g/mol. The standard InChI is InChI=1S/C43H25N3O2/c1-2-12-26(13-3-1)41-44-42(46-43(45-41)35-20-10-19-32-30-16-6-8-21-36(30)48-40(32)35)33-25-24-29(27-14-4-5-15-28(27)33)31-18-11-23-38-39(31)34-17-7-9-22-37(34)47-38/h1-25H/i1D,2D,3D,7D,12D,13D,18D,22D,23D. The molecule has 0 fully saturated rings. The van der Waals surface area contributed by atoms with E-state index in [4.69, 9.17) is 36.1 Å². The zero-order valence-corrected chi connectivity index (χ0v) is 24.9. The average Bonchev–Trinajstić information content (AvgIpc) is 3.79. The first-order chi connectivity index (χ1) is 27.5. The fourth-order valence-corrected chi connectivity index (χ4v) is 6.46. The van der Waals surface area contributed by atoms with Gasteiger partial charge in [0.15, 0.2) is 17.5 Å². The first-order valence-electron chi connectivity index (χ1n) is 19.7. The van der Waals surface area contributed by atoms with Crippen molar-refractivity contribution < 1.29 is 21.2 Å². The number of aromatic nitrogens is 3. The minimum absolute atomic E-state index is 0.00434. The van der Waals surface area contributed by atoms with E-state index in [9.17, 15) is 0 Å². The Morgan fingerprint density at radius 1 is 0.396 bits per heavy atom. The van der Waals surface area contributed by atoms with Crippen molar-refractivity contribution in [1.82, 2.24) is 15.0 Å². The molecule has 224 valence electrons.